The van der Waals surface area contributed by atoms with Crippen molar-refractivity contribution in [3.8, 4) is 0 Å². The number of aryl methyl sites for hydroxylation is 1. The van der Waals surface area contributed by atoms with Crippen LogP contribution >= 0.6 is 0 Å². The van der Waals surface area contributed by atoms with E-state index in [2.05, 4.69) is 29.3 Å². The molecule has 1 aliphatic carbocycles. The van der Waals surface area contributed by atoms with Gasteiger partial charge in [-0.3, -0.25) is 4.79 Å². The lowest BCUT2D eigenvalue weighted by Gasteiger charge is -2.39. The molecule has 0 radical (unpaired) electrons. The van der Waals surface area contributed by atoms with Gasteiger partial charge in [0.15, 0.2) is 0 Å². The lowest BCUT2D eigenvalue weighted by atomic mass is 9.88. The Bertz CT molecular complexity index is 444. The van der Waals surface area contributed by atoms with E-state index < -0.39 is 0 Å². The molecule has 1 aromatic heterocycles. The van der Waals surface area contributed by atoms with Crippen molar-refractivity contribution in [3.63, 3.8) is 0 Å². The molecule has 0 spiro atoms. The first-order valence-electron chi connectivity index (χ1n) is 7.47. The lowest BCUT2D eigenvalue weighted by Crippen LogP contribution is -2.52. The molecule has 0 aromatic carbocycles. The van der Waals surface area contributed by atoms with E-state index in [9.17, 15) is 4.79 Å². The van der Waals surface area contributed by atoms with Crippen molar-refractivity contribution in [2.45, 2.75) is 44.1 Å². The normalized spacial score (nSPS) is 18.8. The molecule has 0 saturated heterocycles. The van der Waals surface area contributed by atoms with Gasteiger partial charge in [0.2, 0.25) is 0 Å². The maximum absolute atomic E-state index is 12.2. The Morgan fingerprint density at radius 1 is 1.35 bits per heavy atom. The minimum atomic E-state index is -0.0320. The van der Waals surface area contributed by atoms with E-state index in [-0.39, 0.29) is 11.4 Å². The number of carbonyl (C=O) groups is 1. The monoisotopic (exact) mass is 278 g/mol. The van der Waals surface area contributed by atoms with Gasteiger partial charge in [-0.2, -0.15) is 0 Å². The zero-order valence-electron chi connectivity index (χ0n) is 12.9. The molecule has 1 aliphatic rings. The summed E-state index contributed by atoms with van der Waals surface area (Å²) in [6.45, 7) is 0.712. The fraction of sp³-hybridized carbons (Fsp3) is 0.733. The van der Waals surface area contributed by atoms with Crippen LogP contribution in [0.25, 0.3) is 0 Å². The Hall–Kier alpha value is -1.36. The van der Waals surface area contributed by atoms with Crippen LogP contribution in [0.2, 0.25) is 0 Å². The van der Waals surface area contributed by atoms with Gasteiger partial charge in [0.05, 0.1) is 12.5 Å². The zero-order chi connectivity index (χ0) is 14.6. The smallest absolute Gasteiger partial charge is 0.269 e. The summed E-state index contributed by atoms with van der Waals surface area (Å²) >= 11 is 0. The van der Waals surface area contributed by atoms with Crippen molar-refractivity contribution < 1.29 is 4.79 Å². The second-order valence-electron chi connectivity index (χ2n) is 6.11. The average molecular weight is 278 g/mol. The predicted octanol–water partition coefficient (Wildman–Crippen LogP) is 1.80. The van der Waals surface area contributed by atoms with Gasteiger partial charge >= 0.3 is 0 Å². The van der Waals surface area contributed by atoms with Crippen molar-refractivity contribution in [2.75, 3.05) is 20.6 Å². The molecule has 1 amide bonds. The van der Waals surface area contributed by atoms with Crippen molar-refractivity contribution in [3.05, 3.63) is 18.2 Å². The SMILES string of the molecule is CN(C)C1(CNC(=O)c2cncn2C)CCCCCC1. The molecule has 5 heteroatoms. The summed E-state index contributed by atoms with van der Waals surface area (Å²) in [7, 11) is 6.10. The van der Waals surface area contributed by atoms with E-state index in [4.69, 9.17) is 0 Å². The summed E-state index contributed by atoms with van der Waals surface area (Å²) in [4.78, 5) is 18.5. The maximum Gasteiger partial charge on any atom is 0.269 e. The molecule has 0 bridgehead atoms. The molecule has 0 unspecified atom stereocenters. The number of carbonyl (C=O) groups excluding carboxylic acids is 1. The van der Waals surface area contributed by atoms with Gasteiger partial charge in [0, 0.05) is 19.1 Å². The largest absolute Gasteiger partial charge is 0.349 e. The number of amides is 1. The van der Waals surface area contributed by atoms with E-state index >= 15 is 0 Å². The van der Waals surface area contributed by atoms with Crippen molar-refractivity contribution in [1.29, 1.82) is 0 Å². The van der Waals surface area contributed by atoms with E-state index in [1.54, 1.807) is 17.1 Å². The molecule has 0 aliphatic heterocycles. The van der Waals surface area contributed by atoms with E-state index in [1.807, 2.05) is 7.05 Å². The Morgan fingerprint density at radius 3 is 2.50 bits per heavy atom. The summed E-state index contributed by atoms with van der Waals surface area (Å²) in [6, 6.07) is 0. The molecule has 1 heterocycles. The van der Waals surface area contributed by atoms with Crippen LogP contribution in [-0.4, -0.2) is 46.5 Å². The Kier molecular flexibility index (Phi) is 4.81. The molecule has 0 atom stereocenters. The molecular formula is C15H26N4O. The van der Waals surface area contributed by atoms with Crippen LogP contribution in [0.4, 0.5) is 0 Å². The highest BCUT2D eigenvalue weighted by atomic mass is 16.2. The zero-order valence-corrected chi connectivity index (χ0v) is 12.9. The van der Waals surface area contributed by atoms with Gasteiger partial charge < -0.3 is 14.8 Å². The first-order chi connectivity index (χ1) is 9.55. The molecule has 112 valence electrons. The lowest BCUT2D eigenvalue weighted by molar-refractivity contribution is 0.0861. The number of hydrogen-bond acceptors (Lipinski definition) is 3. The minimum Gasteiger partial charge on any atom is -0.349 e. The second-order valence-corrected chi connectivity index (χ2v) is 6.11. The standard InChI is InChI=1S/C15H26N4O/c1-18(2)15(8-6-4-5-7-9-15)11-17-14(20)13-10-16-12-19(13)3/h10,12H,4-9,11H2,1-3H3,(H,17,20). The number of likely N-dealkylation sites (N-methyl/N-ethyl adjacent to an activating group) is 1. The van der Waals surface area contributed by atoms with Crippen LogP contribution in [0, 0.1) is 0 Å². The highest BCUT2D eigenvalue weighted by Gasteiger charge is 2.33. The fourth-order valence-electron chi connectivity index (χ4n) is 3.08. The van der Waals surface area contributed by atoms with Gasteiger partial charge in [0.1, 0.15) is 5.69 Å². The number of hydrogen-bond donors (Lipinski definition) is 1. The summed E-state index contributed by atoms with van der Waals surface area (Å²) in [6.07, 6.45) is 10.7. The van der Waals surface area contributed by atoms with Crippen molar-refractivity contribution >= 4 is 5.91 Å². The second kappa shape index (κ2) is 6.39. The van der Waals surface area contributed by atoms with Crippen LogP contribution in [0.15, 0.2) is 12.5 Å². The highest BCUT2D eigenvalue weighted by molar-refractivity contribution is 5.92. The Labute approximate surface area is 121 Å². The van der Waals surface area contributed by atoms with Crippen LogP contribution in [0.5, 0.6) is 0 Å². The van der Waals surface area contributed by atoms with Crippen molar-refractivity contribution in [2.24, 2.45) is 7.05 Å². The molecule has 1 saturated carbocycles. The fourth-order valence-corrected chi connectivity index (χ4v) is 3.08. The molecule has 20 heavy (non-hydrogen) atoms. The molecule has 1 fully saturated rings. The van der Waals surface area contributed by atoms with E-state index in [0.717, 1.165) is 12.8 Å². The van der Waals surface area contributed by atoms with Gasteiger partial charge in [-0.25, -0.2) is 4.98 Å². The van der Waals surface area contributed by atoms with Gasteiger partial charge in [-0.05, 0) is 26.9 Å². The number of rotatable bonds is 4. The van der Waals surface area contributed by atoms with Gasteiger partial charge in [0.25, 0.3) is 5.91 Å². The predicted molar refractivity (Wildman–Crippen MR) is 79.7 cm³/mol. The summed E-state index contributed by atoms with van der Waals surface area (Å²) in [5.74, 6) is -0.0320. The number of imidazole rings is 1. The van der Waals surface area contributed by atoms with Crippen molar-refractivity contribution in [1.82, 2.24) is 19.8 Å². The first-order valence-corrected chi connectivity index (χ1v) is 7.47. The van der Waals surface area contributed by atoms with E-state index in [0.29, 0.717) is 12.2 Å². The molecule has 2 rings (SSSR count). The highest BCUT2D eigenvalue weighted by Crippen LogP contribution is 2.30. The number of nitrogens with zero attached hydrogens (tertiary/aromatic N) is 3. The minimum absolute atomic E-state index is 0.0320. The molecule has 5 nitrogen and oxygen atoms in total. The summed E-state index contributed by atoms with van der Waals surface area (Å²) in [5.41, 5.74) is 0.720. The average Bonchev–Trinajstić information content (AvgIpc) is 2.71. The molecule has 1 N–H and O–H groups in total. The third-order valence-corrected chi connectivity index (χ3v) is 4.61. The Morgan fingerprint density at radius 2 is 2.00 bits per heavy atom. The summed E-state index contributed by atoms with van der Waals surface area (Å²) in [5, 5.41) is 3.10. The molecule has 1 aromatic rings. The Balaban J connectivity index is 2.02. The van der Waals surface area contributed by atoms with Gasteiger partial charge in [-0.15, -0.1) is 0 Å². The van der Waals surface area contributed by atoms with E-state index in [1.165, 1.54) is 25.7 Å². The van der Waals surface area contributed by atoms with Crippen LogP contribution in [0.3, 0.4) is 0 Å². The summed E-state index contributed by atoms with van der Waals surface area (Å²) < 4.78 is 1.75. The van der Waals surface area contributed by atoms with Crippen LogP contribution in [-0.2, 0) is 7.05 Å². The third-order valence-electron chi connectivity index (χ3n) is 4.61. The topological polar surface area (TPSA) is 50.2 Å². The first kappa shape index (κ1) is 15.0. The van der Waals surface area contributed by atoms with Crippen LogP contribution < -0.4 is 5.32 Å². The number of aromatic nitrogens is 2. The maximum atomic E-state index is 12.2. The number of nitrogens with one attached hydrogen (secondary N) is 1. The van der Waals surface area contributed by atoms with Crippen LogP contribution in [0.1, 0.15) is 49.0 Å². The quantitative estimate of drug-likeness (QED) is 0.855. The molecular weight excluding hydrogens is 252 g/mol. The van der Waals surface area contributed by atoms with Gasteiger partial charge in [-0.1, -0.05) is 25.7 Å². The third kappa shape index (κ3) is 3.20.